The molecule has 1 aliphatic rings. The second-order valence-corrected chi connectivity index (χ2v) is 1.14. The molecule has 0 spiro atoms. The van der Waals surface area contributed by atoms with E-state index in [9.17, 15) is 0 Å². The minimum atomic E-state index is 0.997. The lowest BCUT2D eigenvalue weighted by atomic mass is 10.4. The molecule has 0 saturated carbocycles. The fraction of sp³-hybridized carbons (Fsp3) is 0.200. The maximum absolute atomic E-state index is 3.84. The molecule has 0 atom stereocenters. The maximum atomic E-state index is 3.84. The van der Waals surface area contributed by atoms with Crippen LogP contribution in [0.1, 0.15) is 6.42 Å². The predicted octanol–water partition coefficient (Wildman–Crippen LogP) is 0.155. The number of nitrogens with zero attached hydrogens (tertiary/aromatic N) is 1. The van der Waals surface area contributed by atoms with Crippen LogP contribution < -0.4 is 4.67 Å². The summed E-state index contributed by atoms with van der Waals surface area (Å²) in [7, 11) is 0. The van der Waals surface area contributed by atoms with Gasteiger partial charge in [0.05, 0.1) is 6.42 Å². The first-order chi connectivity index (χ1) is 3.00. The highest BCUT2D eigenvalue weighted by molar-refractivity contribution is 5.78. The SMILES string of the molecule is C1=CCC=[N+]=C1. The topological polar surface area (TPSA) is 14.1 Å². The standard InChI is InChI=1S/C5H6N/c1-2-4-6-5-3-1/h1-2,4-5H,3H2/q+1. The van der Waals surface area contributed by atoms with Crippen molar-refractivity contribution in [1.29, 1.82) is 0 Å². The predicted molar refractivity (Wildman–Crippen MR) is 28.0 cm³/mol. The van der Waals surface area contributed by atoms with E-state index >= 15 is 0 Å². The molecule has 0 radical (unpaired) electrons. The van der Waals surface area contributed by atoms with Gasteiger partial charge in [0.2, 0.25) is 0 Å². The van der Waals surface area contributed by atoms with E-state index in [-0.39, 0.29) is 0 Å². The molecule has 0 aromatic heterocycles. The van der Waals surface area contributed by atoms with Crippen molar-refractivity contribution in [3.8, 4) is 0 Å². The van der Waals surface area contributed by atoms with Gasteiger partial charge in [0, 0.05) is 6.08 Å². The highest BCUT2D eigenvalue weighted by Gasteiger charge is 1.82. The molecule has 1 heterocycles. The van der Waals surface area contributed by atoms with Gasteiger partial charge in [0.1, 0.15) is 0 Å². The van der Waals surface area contributed by atoms with Crippen molar-refractivity contribution >= 4 is 12.4 Å². The van der Waals surface area contributed by atoms with Crippen molar-refractivity contribution in [2.45, 2.75) is 6.42 Å². The minimum absolute atomic E-state index is 0.997. The summed E-state index contributed by atoms with van der Waals surface area (Å²) in [5.74, 6) is 0. The lowest BCUT2D eigenvalue weighted by Crippen LogP contribution is -1.83. The van der Waals surface area contributed by atoms with Crippen LogP contribution in [0, 0.1) is 0 Å². The molecule has 0 aliphatic carbocycles. The summed E-state index contributed by atoms with van der Waals surface area (Å²) in [5.41, 5.74) is 0. The highest BCUT2D eigenvalue weighted by atomic mass is 14.5. The average molecular weight is 80.1 g/mol. The summed E-state index contributed by atoms with van der Waals surface area (Å²) in [6.45, 7) is 0. The van der Waals surface area contributed by atoms with Gasteiger partial charge in [-0.2, -0.15) is 0 Å². The second kappa shape index (κ2) is 1.58. The molecule has 0 unspecified atom stereocenters. The molecule has 30 valence electrons. The molecule has 0 N–H and O–H groups in total. The molecular weight excluding hydrogens is 74.1 g/mol. The Morgan fingerprint density at radius 2 is 2.50 bits per heavy atom. The normalized spacial score (nSPS) is 16.0. The smallest absolute Gasteiger partial charge is 0.105 e. The molecule has 0 amide bonds. The van der Waals surface area contributed by atoms with Gasteiger partial charge in [-0.25, -0.2) is 0 Å². The van der Waals surface area contributed by atoms with Crippen LogP contribution in [0.25, 0.3) is 0 Å². The van der Waals surface area contributed by atoms with Gasteiger partial charge in [-0.15, -0.1) is 4.67 Å². The van der Waals surface area contributed by atoms with Crippen LogP contribution in [0.5, 0.6) is 0 Å². The second-order valence-electron chi connectivity index (χ2n) is 1.14. The molecule has 1 rings (SSSR count). The van der Waals surface area contributed by atoms with E-state index in [4.69, 9.17) is 0 Å². The van der Waals surface area contributed by atoms with Gasteiger partial charge < -0.3 is 0 Å². The molecular formula is C5H6N+. The van der Waals surface area contributed by atoms with E-state index in [2.05, 4.69) is 10.7 Å². The zero-order valence-electron chi connectivity index (χ0n) is 3.46. The lowest BCUT2D eigenvalue weighted by Gasteiger charge is -1.66. The van der Waals surface area contributed by atoms with Crippen LogP contribution >= 0.6 is 0 Å². The summed E-state index contributed by atoms with van der Waals surface area (Å²) < 4.78 is 3.84. The quantitative estimate of drug-likeness (QED) is 0.368. The molecule has 0 saturated heterocycles. The fourth-order valence-corrected chi connectivity index (χ4v) is 0.372. The van der Waals surface area contributed by atoms with E-state index < -0.39 is 0 Å². The van der Waals surface area contributed by atoms with Gasteiger partial charge in [-0.1, -0.05) is 6.08 Å². The maximum Gasteiger partial charge on any atom is 0.291 e. The molecule has 0 aromatic carbocycles. The Bertz CT molecular complexity index is 116. The van der Waals surface area contributed by atoms with Crippen LogP contribution in [-0.4, -0.2) is 12.4 Å². The van der Waals surface area contributed by atoms with Crippen LogP contribution in [0.4, 0.5) is 0 Å². The third-order valence-corrected chi connectivity index (χ3v) is 0.655. The van der Waals surface area contributed by atoms with E-state index in [1.165, 1.54) is 0 Å². The van der Waals surface area contributed by atoms with Gasteiger partial charge in [-0.05, 0) is 0 Å². The average Bonchev–Trinajstić information content (AvgIpc) is 1.72. The van der Waals surface area contributed by atoms with Crippen LogP contribution in [0.15, 0.2) is 12.2 Å². The van der Waals surface area contributed by atoms with Crippen molar-refractivity contribution in [3.63, 3.8) is 0 Å². The monoisotopic (exact) mass is 80.0 g/mol. The van der Waals surface area contributed by atoms with Crippen molar-refractivity contribution in [3.05, 3.63) is 12.2 Å². The first-order valence-electron chi connectivity index (χ1n) is 2.00. The fourth-order valence-electron chi connectivity index (χ4n) is 0.372. The van der Waals surface area contributed by atoms with Crippen molar-refractivity contribution in [2.75, 3.05) is 0 Å². The summed E-state index contributed by atoms with van der Waals surface area (Å²) in [6.07, 6.45) is 8.66. The van der Waals surface area contributed by atoms with Crippen molar-refractivity contribution < 1.29 is 0 Å². The van der Waals surface area contributed by atoms with E-state index in [0.717, 1.165) is 6.42 Å². The number of allylic oxidation sites excluding steroid dienone is 2. The van der Waals surface area contributed by atoms with Gasteiger partial charge in [0.25, 0.3) is 12.4 Å². The van der Waals surface area contributed by atoms with Gasteiger partial charge in [-0.3, -0.25) is 0 Å². The largest absolute Gasteiger partial charge is 0.291 e. The molecule has 6 heavy (non-hydrogen) atoms. The van der Waals surface area contributed by atoms with E-state index in [1.54, 1.807) is 6.21 Å². The highest BCUT2D eigenvalue weighted by Crippen LogP contribution is 1.74. The number of hydrogen-bond donors (Lipinski definition) is 0. The van der Waals surface area contributed by atoms with Crippen molar-refractivity contribution in [2.24, 2.45) is 0 Å². The molecule has 0 bridgehead atoms. The first kappa shape index (κ1) is 3.38. The summed E-state index contributed by atoms with van der Waals surface area (Å²) in [4.78, 5) is 0. The molecule has 1 nitrogen and oxygen atoms in total. The molecule has 0 fully saturated rings. The van der Waals surface area contributed by atoms with Crippen LogP contribution in [0.3, 0.4) is 0 Å². The molecule has 1 aliphatic heterocycles. The Morgan fingerprint density at radius 1 is 1.50 bits per heavy atom. The minimum Gasteiger partial charge on any atom is -0.105 e. The Morgan fingerprint density at radius 3 is 2.67 bits per heavy atom. The van der Waals surface area contributed by atoms with Crippen LogP contribution in [-0.2, 0) is 0 Å². The lowest BCUT2D eigenvalue weighted by molar-refractivity contribution is 1.48. The summed E-state index contributed by atoms with van der Waals surface area (Å²) in [6, 6.07) is 0. The molecule has 0 aromatic rings. The molecule has 1 heteroatoms. The summed E-state index contributed by atoms with van der Waals surface area (Å²) in [5, 5.41) is 0. The zero-order valence-corrected chi connectivity index (χ0v) is 3.46. The van der Waals surface area contributed by atoms with Crippen LogP contribution in [0.2, 0.25) is 0 Å². The van der Waals surface area contributed by atoms with E-state index in [0.29, 0.717) is 0 Å². The Labute approximate surface area is 36.7 Å². The Balaban J connectivity index is 2.78. The number of rotatable bonds is 0. The third-order valence-electron chi connectivity index (χ3n) is 0.655. The summed E-state index contributed by atoms with van der Waals surface area (Å²) >= 11 is 0. The van der Waals surface area contributed by atoms with Gasteiger partial charge >= 0.3 is 0 Å². The zero-order chi connectivity index (χ0) is 4.24. The Hall–Kier alpha value is -0.810. The van der Waals surface area contributed by atoms with Gasteiger partial charge in [0.15, 0.2) is 0 Å². The Kier molecular flexibility index (Phi) is 0.892. The number of hydrogen-bond acceptors (Lipinski definition) is 0. The first-order valence-corrected chi connectivity index (χ1v) is 2.00. The van der Waals surface area contributed by atoms with Crippen molar-refractivity contribution in [1.82, 2.24) is 4.67 Å². The third kappa shape index (κ3) is 0.568. The van der Waals surface area contributed by atoms with E-state index in [1.807, 2.05) is 12.3 Å².